The minimum atomic E-state index is -0.467. The molecule has 1 rings (SSSR count). The summed E-state index contributed by atoms with van der Waals surface area (Å²) in [6.45, 7) is 0. The van der Waals surface area contributed by atoms with E-state index in [1.165, 1.54) is 25.3 Å². The molecule has 5 heteroatoms. The third-order valence-corrected chi connectivity index (χ3v) is 1.72. The summed E-state index contributed by atoms with van der Waals surface area (Å²) in [5, 5.41) is 8.67. The molecule has 0 heterocycles. The molecule has 0 aliphatic rings. The number of hydrogen-bond acceptors (Lipinski definition) is 5. The highest BCUT2D eigenvalue weighted by atomic mass is 16.5. The fourth-order valence-corrected chi connectivity index (χ4v) is 1.01. The fraction of sp³-hybridized carbons (Fsp3) is 0.111. The van der Waals surface area contributed by atoms with E-state index in [4.69, 9.17) is 11.1 Å². The van der Waals surface area contributed by atoms with Gasteiger partial charge in [0, 0.05) is 0 Å². The normalized spacial score (nSPS) is 8.93. The molecular weight excluding hydrogens is 182 g/mol. The van der Waals surface area contributed by atoms with Crippen molar-refractivity contribution in [1.29, 1.82) is 5.26 Å². The van der Waals surface area contributed by atoms with Gasteiger partial charge in [0.1, 0.15) is 6.07 Å². The van der Waals surface area contributed by atoms with Crippen LogP contribution in [0.1, 0.15) is 15.9 Å². The van der Waals surface area contributed by atoms with Crippen molar-refractivity contribution in [3.8, 4) is 6.07 Å². The molecule has 0 aliphatic carbocycles. The SMILES string of the molecule is COC(=O)c1ccc(C#N)c(NN)c1. The van der Waals surface area contributed by atoms with Gasteiger partial charge in [0.25, 0.3) is 0 Å². The lowest BCUT2D eigenvalue weighted by atomic mass is 10.1. The van der Waals surface area contributed by atoms with Crippen LogP contribution in [0.3, 0.4) is 0 Å². The molecule has 0 spiro atoms. The van der Waals surface area contributed by atoms with Crippen LogP contribution in [0.25, 0.3) is 0 Å². The van der Waals surface area contributed by atoms with Crippen molar-refractivity contribution in [2.75, 3.05) is 12.5 Å². The van der Waals surface area contributed by atoms with Crippen molar-refractivity contribution in [2.24, 2.45) is 5.84 Å². The number of carbonyl (C=O) groups is 1. The Labute approximate surface area is 81.1 Å². The van der Waals surface area contributed by atoms with E-state index in [1.54, 1.807) is 0 Å². The Hall–Kier alpha value is -2.06. The maximum Gasteiger partial charge on any atom is 0.337 e. The lowest BCUT2D eigenvalue weighted by Gasteiger charge is -2.04. The Morgan fingerprint density at radius 3 is 2.86 bits per heavy atom. The lowest BCUT2D eigenvalue weighted by molar-refractivity contribution is 0.0601. The Morgan fingerprint density at radius 2 is 2.36 bits per heavy atom. The maximum atomic E-state index is 11.1. The van der Waals surface area contributed by atoms with E-state index < -0.39 is 5.97 Å². The van der Waals surface area contributed by atoms with Gasteiger partial charge in [-0.05, 0) is 18.2 Å². The molecule has 1 aromatic carbocycles. The lowest BCUT2D eigenvalue weighted by Crippen LogP contribution is -2.10. The first-order chi connectivity index (χ1) is 6.72. The number of hydrogen-bond donors (Lipinski definition) is 2. The van der Waals surface area contributed by atoms with E-state index in [0.29, 0.717) is 16.8 Å². The molecule has 0 amide bonds. The number of methoxy groups -OCH3 is 1. The number of nitrogens with two attached hydrogens (primary N) is 1. The second-order valence-corrected chi connectivity index (χ2v) is 2.51. The van der Waals surface area contributed by atoms with Crippen molar-refractivity contribution < 1.29 is 9.53 Å². The van der Waals surface area contributed by atoms with Crippen molar-refractivity contribution in [2.45, 2.75) is 0 Å². The number of rotatable bonds is 2. The summed E-state index contributed by atoms with van der Waals surface area (Å²) >= 11 is 0. The zero-order chi connectivity index (χ0) is 10.6. The molecule has 0 aromatic heterocycles. The third kappa shape index (κ3) is 1.81. The standard InChI is InChI=1S/C9H9N3O2/c1-14-9(13)6-2-3-7(5-10)8(4-6)12-11/h2-4,12H,11H2,1H3. The van der Waals surface area contributed by atoms with Gasteiger partial charge in [-0.1, -0.05) is 0 Å². The second kappa shape index (κ2) is 4.25. The van der Waals surface area contributed by atoms with Gasteiger partial charge in [-0.15, -0.1) is 0 Å². The molecule has 0 bridgehead atoms. The predicted molar refractivity (Wildman–Crippen MR) is 50.3 cm³/mol. The average molecular weight is 191 g/mol. The molecule has 5 nitrogen and oxygen atoms in total. The van der Waals surface area contributed by atoms with Gasteiger partial charge in [-0.3, -0.25) is 5.84 Å². The van der Waals surface area contributed by atoms with Crippen molar-refractivity contribution in [3.63, 3.8) is 0 Å². The third-order valence-electron chi connectivity index (χ3n) is 1.72. The minimum Gasteiger partial charge on any atom is -0.465 e. The molecule has 0 fully saturated rings. The molecule has 1 aromatic rings. The quantitative estimate of drug-likeness (QED) is 0.406. The van der Waals surface area contributed by atoms with Crippen LogP contribution in [0.15, 0.2) is 18.2 Å². The summed E-state index contributed by atoms with van der Waals surface area (Å²) in [7, 11) is 1.29. The van der Waals surface area contributed by atoms with Crippen LogP contribution < -0.4 is 11.3 Å². The van der Waals surface area contributed by atoms with Crippen LogP contribution >= 0.6 is 0 Å². The van der Waals surface area contributed by atoms with Crippen LogP contribution in [-0.2, 0) is 4.74 Å². The van der Waals surface area contributed by atoms with E-state index in [2.05, 4.69) is 10.2 Å². The Kier molecular flexibility index (Phi) is 3.05. The maximum absolute atomic E-state index is 11.1. The molecule has 3 N–H and O–H groups in total. The van der Waals surface area contributed by atoms with Crippen molar-refractivity contribution in [1.82, 2.24) is 0 Å². The highest BCUT2D eigenvalue weighted by Crippen LogP contribution is 2.16. The summed E-state index contributed by atoms with van der Waals surface area (Å²) in [6.07, 6.45) is 0. The first-order valence-electron chi connectivity index (χ1n) is 3.82. The van der Waals surface area contributed by atoms with E-state index in [9.17, 15) is 4.79 Å². The van der Waals surface area contributed by atoms with Gasteiger partial charge in [-0.2, -0.15) is 5.26 Å². The van der Waals surface area contributed by atoms with Crippen LogP contribution in [-0.4, -0.2) is 13.1 Å². The van der Waals surface area contributed by atoms with Gasteiger partial charge < -0.3 is 10.2 Å². The van der Waals surface area contributed by atoms with Gasteiger partial charge in [0.15, 0.2) is 0 Å². The number of nitrogens with one attached hydrogen (secondary N) is 1. The second-order valence-electron chi connectivity index (χ2n) is 2.51. The molecule has 72 valence electrons. The van der Waals surface area contributed by atoms with Crippen LogP contribution in [0.4, 0.5) is 5.69 Å². The van der Waals surface area contributed by atoms with Gasteiger partial charge in [0.2, 0.25) is 0 Å². The zero-order valence-corrected chi connectivity index (χ0v) is 7.57. The first-order valence-corrected chi connectivity index (χ1v) is 3.82. The topological polar surface area (TPSA) is 88.1 Å². The number of esters is 1. The molecule has 0 aliphatic heterocycles. The smallest absolute Gasteiger partial charge is 0.337 e. The summed E-state index contributed by atoms with van der Waals surface area (Å²) < 4.78 is 4.52. The number of carbonyl (C=O) groups excluding carboxylic acids is 1. The number of nitriles is 1. The van der Waals surface area contributed by atoms with Crippen LogP contribution in [0, 0.1) is 11.3 Å². The van der Waals surface area contributed by atoms with E-state index >= 15 is 0 Å². The molecular formula is C9H9N3O2. The minimum absolute atomic E-state index is 0.347. The number of anilines is 1. The molecule has 0 atom stereocenters. The van der Waals surface area contributed by atoms with Crippen molar-refractivity contribution in [3.05, 3.63) is 29.3 Å². The number of nitrogen functional groups attached to an aromatic ring is 1. The summed E-state index contributed by atoms with van der Waals surface area (Å²) in [6, 6.07) is 6.41. The fourth-order valence-electron chi connectivity index (χ4n) is 1.01. The van der Waals surface area contributed by atoms with Gasteiger partial charge in [-0.25, -0.2) is 4.79 Å². The van der Waals surface area contributed by atoms with Gasteiger partial charge in [0.05, 0.1) is 23.9 Å². The Morgan fingerprint density at radius 1 is 1.64 bits per heavy atom. The average Bonchev–Trinajstić information content (AvgIpc) is 2.26. The number of nitrogens with zero attached hydrogens (tertiary/aromatic N) is 1. The highest BCUT2D eigenvalue weighted by Gasteiger charge is 2.08. The molecule has 14 heavy (non-hydrogen) atoms. The summed E-state index contributed by atoms with van der Waals surface area (Å²) in [5.74, 6) is 4.72. The summed E-state index contributed by atoms with van der Waals surface area (Å²) in [4.78, 5) is 11.1. The van der Waals surface area contributed by atoms with Gasteiger partial charge >= 0.3 is 5.97 Å². The van der Waals surface area contributed by atoms with Crippen LogP contribution in [0.5, 0.6) is 0 Å². The molecule has 0 unspecified atom stereocenters. The summed E-state index contributed by atoms with van der Waals surface area (Å²) in [5.41, 5.74) is 3.46. The predicted octanol–water partition coefficient (Wildman–Crippen LogP) is 0.630. The van der Waals surface area contributed by atoms with Crippen LogP contribution in [0.2, 0.25) is 0 Å². The molecule has 0 saturated carbocycles. The number of benzene rings is 1. The largest absolute Gasteiger partial charge is 0.465 e. The number of ether oxygens (including phenoxy) is 1. The zero-order valence-electron chi connectivity index (χ0n) is 7.57. The first kappa shape index (κ1) is 10.0. The highest BCUT2D eigenvalue weighted by molar-refractivity contribution is 5.91. The van der Waals surface area contributed by atoms with E-state index in [0.717, 1.165) is 0 Å². The Balaban J connectivity index is 3.15. The monoisotopic (exact) mass is 191 g/mol. The van der Waals surface area contributed by atoms with Crippen molar-refractivity contribution >= 4 is 11.7 Å². The van der Waals surface area contributed by atoms with E-state index in [1.807, 2.05) is 6.07 Å². The molecule has 0 radical (unpaired) electrons. The number of hydrazine groups is 1. The Bertz CT molecular complexity index is 396. The molecule has 0 saturated heterocycles. The van der Waals surface area contributed by atoms with E-state index in [-0.39, 0.29) is 0 Å².